The molecule has 0 saturated carbocycles. The highest BCUT2D eigenvalue weighted by molar-refractivity contribution is 5.81. The molecule has 0 unspecified atom stereocenters. The van der Waals surface area contributed by atoms with Gasteiger partial charge < -0.3 is 15.4 Å². The predicted molar refractivity (Wildman–Crippen MR) is 113 cm³/mol. The summed E-state index contributed by atoms with van der Waals surface area (Å²) in [5, 5.41) is 6.00. The SMILES string of the molecule is CCCCCNC(=O)C(C)(C)CCOC(C)(C)CCNC(=O)CCC(C)C. The average Bonchev–Trinajstić information content (AvgIpc) is 2.56. The van der Waals surface area contributed by atoms with Crippen molar-refractivity contribution in [3.8, 4) is 0 Å². The Bertz CT molecular complexity index is 431. The monoisotopic (exact) mass is 384 g/mol. The average molecular weight is 385 g/mol. The van der Waals surface area contributed by atoms with E-state index in [1.54, 1.807) is 0 Å². The molecular weight excluding hydrogens is 340 g/mol. The largest absolute Gasteiger partial charge is 0.375 e. The van der Waals surface area contributed by atoms with Crippen molar-refractivity contribution in [1.29, 1.82) is 0 Å². The van der Waals surface area contributed by atoms with Crippen molar-refractivity contribution >= 4 is 11.8 Å². The maximum atomic E-state index is 12.3. The highest BCUT2D eigenvalue weighted by Crippen LogP contribution is 2.23. The van der Waals surface area contributed by atoms with Crippen molar-refractivity contribution in [2.24, 2.45) is 11.3 Å². The third-order valence-corrected chi connectivity index (χ3v) is 4.90. The van der Waals surface area contributed by atoms with Crippen LogP contribution >= 0.6 is 0 Å². The Kier molecular flexibility index (Phi) is 12.6. The summed E-state index contributed by atoms with van der Waals surface area (Å²) >= 11 is 0. The van der Waals surface area contributed by atoms with Gasteiger partial charge in [-0.1, -0.05) is 47.5 Å². The number of unbranched alkanes of at least 4 members (excludes halogenated alkanes) is 2. The fourth-order valence-corrected chi connectivity index (χ4v) is 2.60. The summed E-state index contributed by atoms with van der Waals surface area (Å²) < 4.78 is 6.01. The first-order valence-electron chi connectivity index (χ1n) is 10.7. The van der Waals surface area contributed by atoms with E-state index in [9.17, 15) is 9.59 Å². The molecule has 0 aliphatic heterocycles. The molecular formula is C22H44N2O3. The smallest absolute Gasteiger partial charge is 0.225 e. The van der Waals surface area contributed by atoms with Gasteiger partial charge in [0.2, 0.25) is 11.8 Å². The standard InChI is InChI=1S/C22H44N2O3/c1-8-9-10-15-24-20(26)21(4,5)14-17-27-22(6,7)13-16-23-19(25)12-11-18(2)3/h18H,8-17H2,1-7H3,(H,23,25)(H,24,26). The fourth-order valence-electron chi connectivity index (χ4n) is 2.60. The molecule has 2 amide bonds. The number of nitrogens with one attached hydrogen (secondary N) is 2. The van der Waals surface area contributed by atoms with E-state index in [4.69, 9.17) is 4.74 Å². The molecule has 160 valence electrons. The summed E-state index contributed by atoms with van der Waals surface area (Å²) in [4.78, 5) is 24.1. The number of ether oxygens (including phenoxy) is 1. The number of hydrogen-bond donors (Lipinski definition) is 2. The lowest BCUT2D eigenvalue weighted by Gasteiger charge is -2.29. The third-order valence-electron chi connectivity index (χ3n) is 4.90. The first kappa shape index (κ1) is 25.9. The molecule has 0 bridgehead atoms. The van der Waals surface area contributed by atoms with Gasteiger partial charge in [-0.25, -0.2) is 0 Å². The molecule has 27 heavy (non-hydrogen) atoms. The van der Waals surface area contributed by atoms with Gasteiger partial charge in [0, 0.05) is 31.5 Å². The molecule has 0 aliphatic rings. The second-order valence-electron chi connectivity index (χ2n) is 9.24. The topological polar surface area (TPSA) is 67.4 Å². The molecule has 5 heteroatoms. The van der Waals surface area contributed by atoms with Gasteiger partial charge in [-0.3, -0.25) is 9.59 Å². The van der Waals surface area contributed by atoms with Crippen molar-refractivity contribution in [3.05, 3.63) is 0 Å². The van der Waals surface area contributed by atoms with Crippen molar-refractivity contribution < 1.29 is 14.3 Å². The van der Waals surface area contributed by atoms with E-state index in [1.807, 2.05) is 27.7 Å². The third kappa shape index (κ3) is 13.7. The Labute approximate surface area is 167 Å². The van der Waals surface area contributed by atoms with E-state index in [0.29, 0.717) is 31.9 Å². The van der Waals surface area contributed by atoms with Crippen LogP contribution in [0.1, 0.15) is 93.4 Å². The van der Waals surface area contributed by atoms with Gasteiger partial charge in [0.15, 0.2) is 0 Å². The zero-order valence-corrected chi connectivity index (χ0v) is 18.9. The van der Waals surface area contributed by atoms with Crippen LogP contribution in [0.4, 0.5) is 0 Å². The first-order valence-corrected chi connectivity index (χ1v) is 10.7. The zero-order chi connectivity index (χ0) is 20.9. The Hall–Kier alpha value is -1.10. The van der Waals surface area contributed by atoms with Crippen LogP contribution in [0.15, 0.2) is 0 Å². The molecule has 0 aromatic heterocycles. The van der Waals surface area contributed by atoms with Crippen molar-refractivity contribution in [1.82, 2.24) is 10.6 Å². The summed E-state index contributed by atoms with van der Waals surface area (Å²) in [6, 6.07) is 0. The predicted octanol–water partition coefficient (Wildman–Crippen LogP) is 4.45. The molecule has 0 heterocycles. The molecule has 0 spiro atoms. The second kappa shape index (κ2) is 13.1. The molecule has 0 aromatic carbocycles. The lowest BCUT2D eigenvalue weighted by Crippen LogP contribution is -2.39. The molecule has 0 atom stereocenters. The van der Waals surface area contributed by atoms with Gasteiger partial charge in [0.05, 0.1) is 5.60 Å². The maximum absolute atomic E-state index is 12.3. The molecule has 5 nitrogen and oxygen atoms in total. The Balaban J connectivity index is 4.07. The Morgan fingerprint density at radius 2 is 1.63 bits per heavy atom. The number of carbonyl (C=O) groups is 2. The molecule has 0 fully saturated rings. The van der Waals surface area contributed by atoms with Crippen LogP contribution in [0.2, 0.25) is 0 Å². The fraction of sp³-hybridized carbons (Fsp3) is 0.909. The van der Waals surface area contributed by atoms with E-state index >= 15 is 0 Å². The zero-order valence-electron chi connectivity index (χ0n) is 18.9. The Morgan fingerprint density at radius 1 is 0.963 bits per heavy atom. The molecule has 2 N–H and O–H groups in total. The van der Waals surface area contributed by atoms with Crippen LogP contribution < -0.4 is 10.6 Å². The molecule has 0 aliphatic carbocycles. The lowest BCUT2D eigenvalue weighted by molar-refractivity contribution is -0.131. The summed E-state index contributed by atoms with van der Waals surface area (Å²) in [6.45, 7) is 16.3. The van der Waals surface area contributed by atoms with E-state index in [1.165, 1.54) is 0 Å². The molecule has 0 aromatic rings. The summed E-state index contributed by atoms with van der Waals surface area (Å²) in [6.07, 6.45) is 6.26. The minimum absolute atomic E-state index is 0.0948. The van der Waals surface area contributed by atoms with Crippen LogP contribution in [-0.4, -0.2) is 37.1 Å². The summed E-state index contributed by atoms with van der Waals surface area (Å²) in [7, 11) is 0. The number of hydrogen-bond acceptors (Lipinski definition) is 3. The molecule has 0 radical (unpaired) electrons. The number of amides is 2. The summed E-state index contributed by atoms with van der Waals surface area (Å²) in [5.41, 5.74) is -0.758. The van der Waals surface area contributed by atoms with Crippen molar-refractivity contribution in [3.63, 3.8) is 0 Å². The van der Waals surface area contributed by atoms with Gasteiger partial charge >= 0.3 is 0 Å². The quantitative estimate of drug-likeness (QED) is 0.410. The number of carbonyl (C=O) groups excluding carboxylic acids is 2. The molecule has 0 saturated heterocycles. The normalized spacial score (nSPS) is 12.3. The van der Waals surface area contributed by atoms with E-state index in [0.717, 1.165) is 38.6 Å². The lowest BCUT2D eigenvalue weighted by atomic mass is 9.88. The second-order valence-corrected chi connectivity index (χ2v) is 9.24. The van der Waals surface area contributed by atoms with E-state index < -0.39 is 5.41 Å². The van der Waals surface area contributed by atoms with E-state index in [-0.39, 0.29) is 17.4 Å². The van der Waals surface area contributed by atoms with Crippen LogP contribution in [0.3, 0.4) is 0 Å². The van der Waals surface area contributed by atoms with Gasteiger partial charge in [-0.2, -0.15) is 0 Å². The van der Waals surface area contributed by atoms with Gasteiger partial charge in [-0.05, 0) is 45.4 Å². The van der Waals surface area contributed by atoms with Crippen LogP contribution in [0, 0.1) is 11.3 Å². The Morgan fingerprint density at radius 3 is 2.22 bits per heavy atom. The van der Waals surface area contributed by atoms with Crippen LogP contribution in [-0.2, 0) is 14.3 Å². The highest BCUT2D eigenvalue weighted by Gasteiger charge is 2.28. The van der Waals surface area contributed by atoms with Gasteiger partial charge in [0.1, 0.15) is 0 Å². The van der Waals surface area contributed by atoms with Crippen LogP contribution in [0.25, 0.3) is 0 Å². The van der Waals surface area contributed by atoms with Gasteiger partial charge in [-0.15, -0.1) is 0 Å². The minimum atomic E-state index is -0.437. The van der Waals surface area contributed by atoms with Crippen LogP contribution in [0.5, 0.6) is 0 Å². The van der Waals surface area contributed by atoms with Crippen molar-refractivity contribution in [2.75, 3.05) is 19.7 Å². The number of rotatable bonds is 15. The minimum Gasteiger partial charge on any atom is -0.375 e. The van der Waals surface area contributed by atoms with Gasteiger partial charge in [0.25, 0.3) is 0 Å². The maximum Gasteiger partial charge on any atom is 0.225 e. The van der Waals surface area contributed by atoms with Crippen molar-refractivity contribution in [2.45, 2.75) is 99.0 Å². The highest BCUT2D eigenvalue weighted by atomic mass is 16.5. The summed E-state index contributed by atoms with van der Waals surface area (Å²) in [5.74, 6) is 0.750. The molecule has 0 rings (SSSR count). The van der Waals surface area contributed by atoms with E-state index in [2.05, 4.69) is 31.4 Å². The first-order chi connectivity index (χ1) is 12.5.